The molecule has 1 aromatic heterocycles. The molecule has 2 aromatic rings. The molecule has 0 aliphatic heterocycles. The van der Waals surface area contributed by atoms with Gasteiger partial charge in [-0.2, -0.15) is 5.10 Å². The minimum absolute atomic E-state index is 0.307. The first kappa shape index (κ1) is 8.99. The largest absolute Gasteiger partial charge is 0.399 e. The lowest BCUT2D eigenvalue weighted by Crippen LogP contribution is -1.98. The Hall–Kier alpha value is -1.58. The molecule has 0 unspecified atom stereocenters. The molecule has 2 N–H and O–H groups in total. The molecule has 0 saturated heterocycles. The molecule has 1 heterocycles. The molecular weight excluding hydrogens is 181 g/mol. The lowest BCUT2D eigenvalue weighted by Gasteiger charge is -1.95. The molecular formula is C10H12FN3. The summed E-state index contributed by atoms with van der Waals surface area (Å²) >= 11 is 0. The van der Waals surface area contributed by atoms with Crippen molar-refractivity contribution >= 4 is 16.6 Å². The number of hydrogen-bond acceptors (Lipinski definition) is 2. The van der Waals surface area contributed by atoms with Crippen LogP contribution in [0.25, 0.3) is 10.9 Å². The lowest BCUT2D eigenvalue weighted by molar-refractivity contribution is 0.436. The Labute approximate surface area is 81.3 Å². The summed E-state index contributed by atoms with van der Waals surface area (Å²) in [7, 11) is 0. The number of nitrogens with two attached hydrogens (primary N) is 1. The Morgan fingerprint density at radius 2 is 2.29 bits per heavy atom. The maximum atomic E-state index is 11.9. The molecule has 74 valence electrons. The molecule has 0 aliphatic carbocycles. The van der Waals surface area contributed by atoms with Crippen molar-refractivity contribution in [3.05, 3.63) is 24.4 Å². The van der Waals surface area contributed by atoms with Crippen molar-refractivity contribution in [2.24, 2.45) is 0 Å². The first-order chi connectivity index (χ1) is 6.79. The van der Waals surface area contributed by atoms with E-state index in [0.29, 0.717) is 18.7 Å². The Morgan fingerprint density at radius 1 is 1.43 bits per heavy atom. The van der Waals surface area contributed by atoms with Crippen molar-refractivity contribution in [1.82, 2.24) is 9.78 Å². The number of rotatable bonds is 3. The number of aromatic nitrogens is 2. The Bertz CT molecular complexity index is 436. The number of fused-ring (bicyclic) bond motifs is 1. The summed E-state index contributed by atoms with van der Waals surface area (Å²) in [5.41, 5.74) is 7.19. The molecule has 2 rings (SSSR count). The monoisotopic (exact) mass is 193 g/mol. The fraction of sp³-hybridized carbons (Fsp3) is 0.300. The highest BCUT2D eigenvalue weighted by Gasteiger charge is 2.00. The molecule has 0 fully saturated rings. The van der Waals surface area contributed by atoms with E-state index in [0.717, 1.165) is 10.9 Å². The van der Waals surface area contributed by atoms with Crippen molar-refractivity contribution in [1.29, 1.82) is 0 Å². The first-order valence-electron chi connectivity index (χ1n) is 4.58. The number of nitrogens with zero attached hydrogens (tertiary/aromatic N) is 2. The van der Waals surface area contributed by atoms with E-state index >= 15 is 0 Å². The van der Waals surface area contributed by atoms with Crippen LogP contribution in [-0.4, -0.2) is 16.5 Å². The van der Waals surface area contributed by atoms with Gasteiger partial charge < -0.3 is 5.73 Å². The van der Waals surface area contributed by atoms with Crippen LogP contribution in [-0.2, 0) is 6.54 Å². The fourth-order valence-corrected chi connectivity index (χ4v) is 1.42. The molecule has 4 heteroatoms. The third-order valence-corrected chi connectivity index (χ3v) is 2.10. The normalized spacial score (nSPS) is 10.9. The van der Waals surface area contributed by atoms with Crippen LogP contribution < -0.4 is 5.73 Å². The molecule has 1 aromatic carbocycles. The van der Waals surface area contributed by atoms with Crippen LogP contribution in [0.1, 0.15) is 6.42 Å². The summed E-state index contributed by atoms with van der Waals surface area (Å²) in [4.78, 5) is 0. The number of aryl methyl sites for hydroxylation is 1. The zero-order valence-electron chi connectivity index (χ0n) is 7.78. The van der Waals surface area contributed by atoms with Gasteiger partial charge in [-0.1, -0.05) is 0 Å². The van der Waals surface area contributed by atoms with Crippen LogP contribution in [0, 0.1) is 0 Å². The second-order valence-electron chi connectivity index (χ2n) is 3.25. The van der Waals surface area contributed by atoms with E-state index in [1.54, 1.807) is 4.68 Å². The third-order valence-electron chi connectivity index (χ3n) is 2.10. The van der Waals surface area contributed by atoms with Gasteiger partial charge in [0.2, 0.25) is 0 Å². The number of hydrogen-bond donors (Lipinski definition) is 1. The highest BCUT2D eigenvalue weighted by atomic mass is 19.1. The van der Waals surface area contributed by atoms with Gasteiger partial charge in [0.25, 0.3) is 0 Å². The molecule has 0 atom stereocenters. The van der Waals surface area contributed by atoms with Crippen LogP contribution in [0.5, 0.6) is 0 Å². The lowest BCUT2D eigenvalue weighted by atomic mass is 10.2. The van der Waals surface area contributed by atoms with E-state index in [1.807, 2.05) is 24.4 Å². The maximum absolute atomic E-state index is 11.9. The molecule has 0 amide bonds. The summed E-state index contributed by atoms with van der Waals surface area (Å²) in [6.07, 6.45) is 2.41. The summed E-state index contributed by atoms with van der Waals surface area (Å²) in [5, 5.41) is 5.32. The van der Waals surface area contributed by atoms with Crippen LogP contribution >= 0.6 is 0 Å². The van der Waals surface area contributed by atoms with Crippen molar-refractivity contribution in [3.8, 4) is 0 Å². The van der Waals surface area contributed by atoms with Crippen molar-refractivity contribution in [2.45, 2.75) is 13.0 Å². The molecule has 14 heavy (non-hydrogen) atoms. The topological polar surface area (TPSA) is 43.8 Å². The molecule has 0 bridgehead atoms. The number of benzene rings is 1. The third kappa shape index (κ3) is 1.69. The summed E-state index contributed by atoms with van der Waals surface area (Å²) in [5.74, 6) is 0. The van der Waals surface area contributed by atoms with Crippen LogP contribution in [0.3, 0.4) is 0 Å². The predicted molar refractivity (Wildman–Crippen MR) is 54.7 cm³/mol. The second kappa shape index (κ2) is 3.65. The molecule has 0 radical (unpaired) electrons. The molecule has 0 spiro atoms. The summed E-state index contributed by atoms with van der Waals surface area (Å²) in [6, 6.07) is 5.58. The van der Waals surface area contributed by atoms with Gasteiger partial charge in [-0.05, 0) is 24.6 Å². The van der Waals surface area contributed by atoms with Crippen molar-refractivity contribution in [2.75, 3.05) is 12.4 Å². The van der Waals surface area contributed by atoms with E-state index in [4.69, 9.17) is 5.73 Å². The summed E-state index contributed by atoms with van der Waals surface area (Å²) < 4.78 is 13.7. The minimum atomic E-state index is -0.307. The average Bonchev–Trinajstić information content (AvgIpc) is 2.56. The molecule has 0 aliphatic rings. The van der Waals surface area contributed by atoms with E-state index in [9.17, 15) is 4.39 Å². The zero-order chi connectivity index (χ0) is 9.97. The predicted octanol–water partition coefficient (Wildman–Crippen LogP) is 1.98. The van der Waals surface area contributed by atoms with Gasteiger partial charge in [-0.15, -0.1) is 0 Å². The van der Waals surface area contributed by atoms with E-state index in [-0.39, 0.29) is 6.67 Å². The van der Waals surface area contributed by atoms with Crippen LogP contribution in [0.4, 0.5) is 10.1 Å². The number of nitrogen functional groups attached to an aromatic ring is 1. The smallest absolute Gasteiger partial charge is 0.0943 e. The van der Waals surface area contributed by atoms with E-state index in [1.165, 1.54) is 0 Å². The van der Waals surface area contributed by atoms with Gasteiger partial charge in [0.15, 0.2) is 0 Å². The van der Waals surface area contributed by atoms with Gasteiger partial charge >= 0.3 is 0 Å². The van der Waals surface area contributed by atoms with Gasteiger partial charge in [-0.25, -0.2) is 0 Å². The zero-order valence-corrected chi connectivity index (χ0v) is 7.78. The highest BCUT2D eigenvalue weighted by Crippen LogP contribution is 2.15. The second-order valence-corrected chi connectivity index (χ2v) is 3.25. The van der Waals surface area contributed by atoms with Gasteiger partial charge in [0.05, 0.1) is 12.2 Å². The molecule has 0 saturated carbocycles. The number of alkyl halides is 1. The van der Waals surface area contributed by atoms with Gasteiger partial charge in [0, 0.05) is 23.8 Å². The Kier molecular flexibility index (Phi) is 2.35. The quantitative estimate of drug-likeness (QED) is 0.757. The summed E-state index contributed by atoms with van der Waals surface area (Å²) in [6.45, 7) is 0.309. The van der Waals surface area contributed by atoms with E-state index in [2.05, 4.69) is 5.10 Å². The number of halogens is 1. The maximum Gasteiger partial charge on any atom is 0.0943 e. The van der Waals surface area contributed by atoms with Crippen molar-refractivity contribution < 1.29 is 4.39 Å². The van der Waals surface area contributed by atoms with Crippen LogP contribution in [0.15, 0.2) is 24.4 Å². The van der Waals surface area contributed by atoms with E-state index < -0.39 is 0 Å². The minimum Gasteiger partial charge on any atom is -0.399 e. The van der Waals surface area contributed by atoms with Gasteiger partial charge in [0.1, 0.15) is 0 Å². The average molecular weight is 193 g/mol. The van der Waals surface area contributed by atoms with Crippen LogP contribution in [0.2, 0.25) is 0 Å². The van der Waals surface area contributed by atoms with Crippen molar-refractivity contribution in [3.63, 3.8) is 0 Å². The number of anilines is 1. The molecule has 3 nitrogen and oxygen atoms in total. The Balaban J connectivity index is 2.32. The first-order valence-corrected chi connectivity index (χ1v) is 4.58. The SMILES string of the molecule is Nc1ccc2cn(CCCF)nc2c1. The standard InChI is InChI=1S/C10H12FN3/c11-4-1-5-14-7-8-2-3-9(12)6-10(8)13-14/h2-3,6-7H,1,4-5,12H2. The fourth-order valence-electron chi connectivity index (χ4n) is 1.42. The Morgan fingerprint density at radius 3 is 3.07 bits per heavy atom. The highest BCUT2D eigenvalue weighted by molar-refractivity contribution is 5.81. The van der Waals surface area contributed by atoms with Gasteiger partial charge in [-0.3, -0.25) is 9.07 Å².